The fourth-order valence-corrected chi connectivity index (χ4v) is 6.17. The van der Waals surface area contributed by atoms with Crippen LogP contribution in [0.3, 0.4) is 0 Å². The lowest BCUT2D eigenvalue weighted by Gasteiger charge is -2.38. The lowest BCUT2D eigenvalue weighted by atomic mass is 9.68. The second-order valence-corrected chi connectivity index (χ2v) is 9.74. The fourth-order valence-electron chi connectivity index (χ4n) is 6.17. The van der Waals surface area contributed by atoms with E-state index in [4.69, 9.17) is 4.74 Å². The molecule has 4 heteroatoms. The van der Waals surface area contributed by atoms with Gasteiger partial charge in [-0.1, -0.05) is 44.7 Å². The maximum absolute atomic E-state index is 12.9. The van der Waals surface area contributed by atoms with Gasteiger partial charge >= 0.3 is 6.18 Å². The molecule has 1 nitrogen and oxygen atoms in total. The molecule has 0 spiro atoms. The highest BCUT2D eigenvalue weighted by Crippen LogP contribution is 2.45. The quantitative estimate of drug-likeness (QED) is 0.493. The highest BCUT2D eigenvalue weighted by molar-refractivity contribution is 5.40. The summed E-state index contributed by atoms with van der Waals surface area (Å²) >= 11 is 0. The summed E-state index contributed by atoms with van der Waals surface area (Å²) < 4.78 is 44.0. The van der Waals surface area contributed by atoms with E-state index >= 15 is 0 Å². The Hall–Kier alpha value is -1.19. The van der Waals surface area contributed by atoms with Crippen molar-refractivity contribution in [2.75, 3.05) is 0 Å². The van der Waals surface area contributed by atoms with Crippen molar-refractivity contribution in [3.63, 3.8) is 0 Å². The van der Waals surface area contributed by atoms with Crippen LogP contribution in [0.2, 0.25) is 0 Å². The van der Waals surface area contributed by atoms with E-state index in [1.165, 1.54) is 69.8 Å². The SMILES string of the molecule is CCC[C@H]1CC[C@H]([C@H]2CC[C@H](c3ccc4c(c3)CCC(C(F)(F)F)O4)CC2)CC1. The van der Waals surface area contributed by atoms with E-state index < -0.39 is 12.3 Å². The van der Waals surface area contributed by atoms with E-state index in [-0.39, 0.29) is 6.42 Å². The number of hydrogen-bond acceptors (Lipinski definition) is 1. The average Bonchev–Trinajstić information content (AvgIpc) is 2.73. The molecule has 0 bridgehead atoms. The summed E-state index contributed by atoms with van der Waals surface area (Å²) in [6.07, 6.45) is 8.11. The normalized spacial score (nSPS) is 33.0. The minimum absolute atomic E-state index is 0.0351. The molecule has 1 heterocycles. The second-order valence-electron chi connectivity index (χ2n) is 9.74. The summed E-state index contributed by atoms with van der Waals surface area (Å²) in [6, 6.07) is 5.92. The van der Waals surface area contributed by atoms with Crippen molar-refractivity contribution in [2.24, 2.45) is 17.8 Å². The molecule has 29 heavy (non-hydrogen) atoms. The van der Waals surface area contributed by atoms with Gasteiger partial charge in [-0.25, -0.2) is 0 Å². The highest BCUT2D eigenvalue weighted by atomic mass is 19.4. The van der Waals surface area contributed by atoms with Crippen molar-refractivity contribution >= 4 is 0 Å². The second kappa shape index (κ2) is 8.89. The summed E-state index contributed by atoms with van der Waals surface area (Å²) in [5.41, 5.74) is 2.27. The van der Waals surface area contributed by atoms with Gasteiger partial charge in [-0.2, -0.15) is 13.2 Å². The standard InChI is InChI=1S/C25H35F3O/c1-2-3-17-4-6-18(7-5-17)19-8-10-20(11-9-19)21-12-14-23-22(16-21)13-15-24(29-23)25(26,27)28/h12,14,16-20,24H,2-11,13,15H2,1H3/t17-,18-,19-,20-,24?. The molecule has 2 saturated carbocycles. The van der Waals surface area contributed by atoms with E-state index in [1.807, 2.05) is 6.07 Å². The summed E-state index contributed by atoms with van der Waals surface area (Å²) in [7, 11) is 0. The van der Waals surface area contributed by atoms with Crippen molar-refractivity contribution < 1.29 is 17.9 Å². The number of ether oxygens (including phenoxy) is 1. The number of fused-ring (bicyclic) bond motifs is 1. The van der Waals surface area contributed by atoms with Gasteiger partial charge < -0.3 is 4.74 Å². The van der Waals surface area contributed by atoms with Gasteiger partial charge in [0.25, 0.3) is 0 Å². The summed E-state index contributed by atoms with van der Waals surface area (Å²) in [4.78, 5) is 0. The van der Waals surface area contributed by atoms with Crippen molar-refractivity contribution in [3.05, 3.63) is 29.3 Å². The Labute approximate surface area is 173 Å². The third-order valence-corrected chi connectivity index (χ3v) is 7.89. The minimum Gasteiger partial charge on any atom is -0.481 e. The van der Waals surface area contributed by atoms with Gasteiger partial charge in [0.15, 0.2) is 6.10 Å². The maximum atomic E-state index is 12.9. The Morgan fingerprint density at radius 2 is 1.55 bits per heavy atom. The third-order valence-electron chi connectivity index (χ3n) is 7.89. The first-order valence-corrected chi connectivity index (χ1v) is 11.8. The van der Waals surface area contributed by atoms with Gasteiger partial charge in [-0.15, -0.1) is 0 Å². The Morgan fingerprint density at radius 1 is 0.897 bits per heavy atom. The molecule has 0 radical (unpaired) electrons. The number of alkyl halides is 3. The van der Waals surface area contributed by atoms with E-state index in [1.54, 1.807) is 6.07 Å². The van der Waals surface area contributed by atoms with Gasteiger partial charge in [0.2, 0.25) is 0 Å². The molecule has 1 aromatic carbocycles. The van der Waals surface area contributed by atoms with Gasteiger partial charge in [0.05, 0.1) is 0 Å². The van der Waals surface area contributed by atoms with Crippen LogP contribution in [0.5, 0.6) is 5.75 Å². The van der Waals surface area contributed by atoms with Crippen molar-refractivity contribution in [1.82, 2.24) is 0 Å². The Balaban J connectivity index is 1.31. The monoisotopic (exact) mass is 408 g/mol. The van der Waals surface area contributed by atoms with Crippen LogP contribution in [0.4, 0.5) is 13.2 Å². The lowest BCUT2D eigenvalue weighted by Crippen LogP contribution is -2.37. The Kier molecular flexibility index (Phi) is 6.46. The zero-order valence-corrected chi connectivity index (χ0v) is 17.6. The average molecular weight is 409 g/mol. The van der Waals surface area contributed by atoms with Crippen LogP contribution >= 0.6 is 0 Å². The molecular formula is C25H35F3O. The highest BCUT2D eigenvalue weighted by Gasteiger charge is 2.43. The lowest BCUT2D eigenvalue weighted by molar-refractivity contribution is -0.199. The summed E-state index contributed by atoms with van der Waals surface area (Å²) in [6.45, 7) is 2.30. The number of halogens is 3. The van der Waals surface area contributed by atoms with Gasteiger partial charge in [0.1, 0.15) is 5.75 Å². The predicted octanol–water partition coefficient (Wildman–Crippen LogP) is 7.82. The first-order chi connectivity index (χ1) is 13.9. The minimum atomic E-state index is -4.27. The zero-order valence-electron chi connectivity index (χ0n) is 17.6. The Bertz CT molecular complexity index is 667. The largest absolute Gasteiger partial charge is 0.481 e. The van der Waals surface area contributed by atoms with Crippen LogP contribution in [0, 0.1) is 17.8 Å². The number of benzene rings is 1. The fraction of sp³-hybridized carbons (Fsp3) is 0.760. The third kappa shape index (κ3) is 4.94. The smallest absolute Gasteiger partial charge is 0.425 e. The predicted molar refractivity (Wildman–Crippen MR) is 110 cm³/mol. The molecule has 3 aliphatic rings. The molecule has 1 atom stereocenters. The van der Waals surface area contributed by atoms with Crippen LogP contribution in [-0.4, -0.2) is 12.3 Å². The van der Waals surface area contributed by atoms with Crippen LogP contribution in [-0.2, 0) is 6.42 Å². The molecule has 0 aromatic heterocycles. The Morgan fingerprint density at radius 3 is 2.17 bits per heavy atom. The molecule has 1 aliphatic heterocycles. The van der Waals surface area contributed by atoms with Crippen molar-refractivity contribution in [3.8, 4) is 5.75 Å². The number of rotatable bonds is 4. The zero-order chi connectivity index (χ0) is 20.4. The molecule has 0 saturated heterocycles. The molecular weight excluding hydrogens is 373 g/mol. The first kappa shape index (κ1) is 21.1. The molecule has 162 valence electrons. The van der Waals surface area contributed by atoms with E-state index in [0.29, 0.717) is 18.1 Å². The molecule has 0 N–H and O–H groups in total. The van der Waals surface area contributed by atoms with Gasteiger partial charge in [-0.05, 0) is 92.2 Å². The summed E-state index contributed by atoms with van der Waals surface area (Å²) in [5, 5.41) is 0. The molecule has 2 aliphatic carbocycles. The van der Waals surface area contributed by atoms with E-state index in [0.717, 1.165) is 23.3 Å². The molecule has 4 rings (SSSR count). The van der Waals surface area contributed by atoms with Crippen molar-refractivity contribution in [2.45, 2.75) is 102 Å². The molecule has 0 amide bonds. The molecule has 1 unspecified atom stereocenters. The van der Waals surface area contributed by atoms with Crippen LogP contribution < -0.4 is 4.74 Å². The van der Waals surface area contributed by atoms with Crippen LogP contribution in [0.25, 0.3) is 0 Å². The van der Waals surface area contributed by atoms with E-state index in [2.05, 4.69) is 13.0 Å². The van der Waals surface area contributed by atoms with Crippen molar-refractivity contribution in [1.29, 1.82) is 0 Å². The topological polar surface area (TPSA) is 9.23 Å². The first-order valence-electron chi connectivity index (χ1n) is 11.8. The molecule has 2 fully saturated rings. The van der Waals surface area contributed by atoms with E-state index in [9.17, 15) is 13.2 Å². The number of aryl methyl sites for hydroxylation is 1. The number of hydrogen-bond donors (Lipinski definition) is 0. The van der Waals surface area contributed by atoms with Gasteiger partial charge in [0, 0.05) is 0 Å². The van der Waals surface area contributed by atoms with Gasteiger partial charge in [-0.3, -0.25) is 0 Å². The van der Waals surface area contributed by atoms with Crippen LogP contribution in [0.1, 0.15) is 94.6 Å². The summed E-state index contributed by atoms with van der Waals surface area (Å²) in [5.74, 6) is 3.79. The maximum Gasteiger partial charge on any atom is 0.425 e. The molecule has 1 aromatic rings. The van der Waals surface area contributed by atoms with Crippen LogP contribution in [0.15, 0.2) is 18.2 Å².